The standard InChI is InChI=1S/C26H24N4O3S/c1-17-11-13-19(14-12-17)15-27-24(32)21-9-5-6-10-22(21)28-23(31)16-34-26-30-29-25(33-26)20-8-4-3-7-18(20)2/h3-14H,15-16H2,1-2H3,(H,27,32)(H,28,31). The Morgan fingerprint density at radius 1 is 0.912 bits per heavy atom. The second-order valence-corrected chi connectivity index (χ2v) is 8.67. The van der Waals surface area contributed by atoms with Crippen LogP contribution in [-0.2, 0) is 11.3 Å². The number of anilines is 1. The van der Waals surface area contributed by atoms with Crippen molar-refractivity contribution in [1.29, 1.82) is 0 Å². The zero-order valence-electron chi connectivity index (χ0n) is 18.9. The molecule has 0 saturated heterocycles. The lowest BCUT2D eigenvalue weighted by molar-refractivity contribution is -0.113. The van der Waals surface area contributed by atoms with Crippen LogP contribution in [0.15, 0.2) is 82.4 Å². The van der Waals surface area contributed by atoms with Gasteiger partial charge in [0, 0.05) is 12.1 Å². The molecule has 0 unspecified atom stereocenters. The van der Waals surface area contributed by atoms with E-state index >= 15 is 0 Å². The largest absolute Gasteiger partial charge is 0.411 e. The van der Waals surface area contributed by atoms with Gasteiger partial charge in [0.1, 0.15) is 0 Å². The Bertz CT molecular complexity index is 1300. The van der Waals surface area contributed by atoms with Crippen molar-refractivity contribution in [2.24, 2.45) is 0 Å². The molecular weight excluding hydrogens is 448 g/mol. The Kier molecular flexibility index (Phi) is 7.39. The number of carbonyl (C=O) groups excluding carboxylic acids is 2. The van der Waals surface area contributed by atoms with Crippen LogP contribution < -0.4 is 10.6 Å². The summed E-state index contributed by atoms with van der Waals surface area (Å²) >= 11 is 1.14. The number of hydrogen-bond donors (Lipinski definition) is 2. The van der Waals surface area contributed by atoms with Crippen molar-refractivity contribution in [3.63, 3.8) is 0 Å². The Morgan fingerprint density at radius 2 is 1.65 bits per heavy atom. The third-order valence-electron chi connectivity index (χ3n) is 5.13. The minimum atomic E-state index is -0.278. The van der Waals surface area contributed by atoms with E-state index in [1.165, 1.54) is 0 Å². The van der Waals surface area contributed by atoms with Crippen LogP contribution in [0, 0.1) is 13.8 Å². The summed E-state index contributed by atoms with van der Waals surface area (Å²) in [5, 5.41) is 14.1. The molecule has 1 heterocycles. The maximum absolute atomic E-state index is 12.7. The van der Waals surface area contributed by atoms with E-state index in [9.17, 15) is 9.59 Å². The molecule has 172 valence electrons. The lowest BCUT2D eigenvalue weighted by Gasteiger charge is -2.11. The highest BCUT2D eigenvalue weighted by Crippen LogP contribution is 2.25. The number of nitrogens with zero attached hydrogens (tertiary/aromatic N) is 2. The average Bonchev–Trinajstić information content (AvgIpc) is 3.32. The molecule has 3 aromatic carbocycles. The number of carbonyl (C=O) groups is 2. The van der Waals surface area contributed by atoms with Gasteiger partial charge in [0.05, 0.1) is 17.0 Å². The number of amides is 2. The Morgan fingerprint density at radius 3 is 2.44 bits per heavy atom. The molecule has 7 nitrogen and oxygen atoms in total. The highest BCUT2D eigenvalue weighted by molar-refractivity contribution is 7.99. The van der Waals surface area contributed by atoms with Gasteiger partial charge in [-0.3, -0.25) is 9.59 Å². The molecule has 1 aromatic heterocycles. The fraction of sp³-hybridized carbons (Fsp3) is 0.154. The summed E-state index contributed by atoms with van der Waals surface area (Å²) < 4.78 is 5.69. The number of hydrogen-bond acceptors (Lipinski definition) is 6. The summed E-state index contributed by atoms with van der Waals surface area (Å²) in [4.78, 5) is 25.3. The molecule has 2 amide bonds. The first-order valence-electron chi connectivity index (χ1n) is 10.7. The molecular formula is C26H24N4O3S. The van der Waals surface area contributed by atoms with Crippen LogP contribution in [0.3, 0.4) is 0 Å². The van der Waals surface area contributed by atoms with E-state index in [4.69, 9.17) is 4.42 Å². The smallest absolute Gasteiger partial charge is 0.277 e. The average molecular weight is 473 g/mol. The number of para-hydroxylation sites is 1. The normalized spacial score (nSPS) is 10.6. The second kappa shape index (κ2) is 10.8. The molecule has 0 bridgehead atoms. The van der Waals surface area contributed by atoms with Crippen molar-refractivity contribution in [3.05, 3.63) is 95.1 Å². The van der Waals surface area contributed by atoms with Crippen LogP contribution in [-0.4, -0.2) is 27.8 Å². The van der Waals surface area contributed by atoms with E-state index in [1.807, 2.05) is 62.4 Å². The third kappa shape index (κ3) is 5.90. The van der Waals surface area contributed by atoms with E-state index in [2.05, 4.69) is 20.8 Å². The topological polar surface area (TPSA) is 97.1 Å². The van der Waals surface area contributed by atoms with E-state index in [-0.39, 0.29) is 17.6 Å². The van der Waals surface area contributed by atoms with Crippen LogP contribution in [0.4, 0.5) is 5.69 Å². The monoisotopic (exact) mass is 472 g/mol. The van der Waals surface area contributed by atoms with Gasteiger partial charge in [-0.25, -0.2) is 0 Å². The first kappa shape index (κ1) is 23.3. The van der Waals surface area contributed by atoms with Crippen LogP contribution in [0.5, 0.6) is 0 Å². The lowest BCUT2D eigenvalue weighted by Crippen LogP contribution is -2.25. The highest BCUT2D eigenvalue weighted by Gasteiger charge is 2.15. The van der Waals surface area contributed by atoms with Crippen LogP contribution in [0.1, 0.15) is 27.0 Å². The van der Waals surface area contributed by atoms with E-state index in [0.717, 1.165) is 34.0 Å². The molecule has 0 aliphatic heterocycles. The van der Waals surface area contributed by atoms with Gasteiger partial charge in [-0.2, -0.15) is 0 Å². The molecule has 0 fully saturated rings. The van der Waals surface area contributed by atoms with Crippen molar-refractivity contribution in [2.75, 3.05) is 11.1 Å². The molecule has 2 N–H and O–H groups in total. The summed E-state index contributed by atoms with van der Waals surface area (Å²) in [5.74, 6) is -0.0609. The SMILES string of the molecule is Cc1ccc(CNC(=O)c2ccccc2NC(=O)CSc2nnc(-c3ccccc3C)o2)cc1. The second-order valence-electron chi connectivity index (χ2n) is 7.74. The first-order valence-corrected chi connectivity index (χ1v) is 11.7. The summed E-state index contributed by atoms with van der Waals surface area (Å²) in [7, 11) is 0. The van der Waals surface area contributed by atoms with Crippen LogP contribution in [0.2, 0.25) is 0 Å². The van der Waals surface area contributed by atoms with Gasteiger partial charge in [0.15, 0.2) is 0 Å². The van der Waals surface area contributed by atoms with Crippen molar-refractivity contribution in [3.8, 4) is 11.5 Å². The summed E-state index contributed by atoms with van der Waals surface area (Å²) in [6.07, 6.45) is 0. The summed E-state index contributed by atoms with van der Waals surface area (Å²) in [6.45, 7) is 4.38. The first-order chi connectivity index (χ1) is 16.5. The van der Waals surface area contributed by atoms with E-state index in [1.54, 1.807) is 24.3 Å². The van der Waals surface area contributed by atoms with Gasteiger partial charge in [0.25, 0.3) is 11.1 Å². The number of aryl methyl sites for hydroxylation is 2. The van der Waals surface area contributed by atoms with E-state index in [0.29, 0.717) is 28.9 Å². The van der Waals surface area contributed by atoms with Crippen LogP contribution >= 0.6 is 11.8 Å². The molecule has 0 atom stereocenters. The Labute approximate surface area is 202 Å². The third-order valence-corrected chi connectivity index (χ3v) is 5.95. The van der Waals surface area contributed by atoms with E-state index < -0.39 is 0 Å². The fourth-order valence-corrected chi connectivity index (χ4v) is 3.84. The summed E-state index contributed by atoms with van der Waals surface area (Å²) in [6, 6.07) is 22.6. The summed E-state index contributed by atoms with van der Waals surface area (Å²) in [5.41, 5.74) is 4.89. The van der Waals surface area contributed by atoms with Gasteiger partial charge < -0.3 is 15.1 Å². The number of rotatable bonds is 8. The van der Waals surface area contributed by atoms with Crippen molar-refractivity contribution in [2.45, 2.75) is 25.6 Å². The maximum atomic E-state index is 12.7. The number of aromatic nitrogens is 2. The lowest BCUT2D eigenvalue weighted by atomic mass is 10.1. The molecule has 4 aromatic rings. The molecule has 34 heavy (non-hydrogen) atoms. The molecule has 0 aliphatic rings. The minimum Gasteiger partial charge on any atom is -0.411 e. The zero-order chi connectivity index (χ0) is 23.9. The van der Waals surface area contributed by atoms with Gasteiger partial charge >= 0.3 is 0 Å². The van der Waals surface area contributed by atoms with Gasteiger partial charge in [-0.15, -0.1) is 10.2 Å². The fourth-order valence-electron chi connectivity index (χ4n) is 3.28. The predicted molar refractivity (Wildman–Crippen MR) is 133 cm³/mol. The molecule has 0 aliphatic carbocycles. The Balaban J connectivity index is 1.34. The number of thioether (sulfide) groups is 1. The van der Waals surface area contributed by atoms with Crippen molar-refractivity contribution < 1.29 is 14.0 Å². The van der Waals surface area contributed by atoms with Gasteiger partial charge in [-0.1, -0.05) is 71.9 Å². The van der Waals surface area contributed by atoms with Crippen molar-refractivity contribution in [1.82, 2.24) is 15.5 Å². The Hall–Kier alpha value is -3.91. The molecule has 0 saturated carbocycles. The quantitative estimate of drug-likeness (QED) is 0.350. The molecule has 8 heteroatoms. The number of nitrogens with one attached hydrogen (secondary N) is 2. The predicted octanol–water partition coefficient (Wildman–Crippen LogP) is 5.01. The zero-order valence-corrected chi connectivity index (χ0v) is 19.7. The van der Waals surface area contributed by atoms with Crippen molar-refractivity contribution >= 4 is 29.3 Å². The molecule has 0 radical (unpaired) electrons. The van der Waals surface area contributed by atoms with Crippen LogP contribution in [0.25, 0.3) is 11.5 Å². The highest BCUT2D eigenvalue weighted by atomic mass is 32.2. The molecule has 4 rings (SSSR count). The number of benzene rings is 3. The van der Waals surface area contributed by atoms with Gasteiger partial charge in [0.2, 0.25) is 11.8 Å². The van der Waals surface area contributed by atoms with Gasteiger partial charge in [-0.05, 0) is 43.2 Å². The minimum absolute atomic E-state index is 0.0642. The maximum Gasteiger partial charge on any atom is 0.277 e. The molecule has 0 spiro atoms.